The molecule has 9 heteroatoms. The molecular formula is C23H17Cl3N4OS. The van der Waals surface area contributed by atoms with Crippen LogP contribution in [0.15, 0.2) is 71.7 Å². The summed E-state index contributed by atoms with van der Waals surface area (Å²) in [7, 11) is 1.69. The van der Waals surface area contributed by atoms with Crippen molar-refractivity contribution in [2.24, 2.45) is 4.99 Å². The van der Waals surface area contributed by atoms with Gasteiger partial charge < -0.3 is 15.5 Å². The van der Waals surface area contributed by atoms with E-state index in [1.54, 1.807) is 48.3 Å². The first kappa shape index (κ1) is 22.6. The van der Waals surface area contributed by atoms with Crippen LogP contribution in [-0.4, -0.2) is 29.9 Å². The Kier molecular flexibility index (Phi) is 6.67. The first-order chi connectivity index (χ1) is 15.3. The maximum absolute atomic E-state index is 13.3. The lowest BCUT2D eigenvalue weighted by Crippen LogP contribution is -2.47. The number of benzene rings is 3. The molecule has 0 saturated heterocycles. The van der Waals surface area contributed by atoms with Crippen LogP contribution < -0.4 is 15.5 Å². The number of hydrogen-bond donors (Lipinski definition) is 2. The summed E-state index contributed by atoms with van der Waals surface area (Å²) in [6, 6.07) is 20.0. The molecular weight excluding hydrogens is 487 g/mol. The van der Waals surface area contributed by atoms with Gasteiger partial charge in [0.05, 0.1) is 22.1 Å². The molecule has 3 aromatic carbocycles. The fourth-order valence-electron chi connectivity index (χ4n) is 3.34. The highest BCUT2D eigenvalue weighted by atomic mass is 35.5. The van der Waals surface area contributed by atoms with Gasteiger partial charge in [-0.3, -0.25) is 4.79 Å². The van der Waals surface area contributed by atoms with Crippen LogP contribution in [0.4, 0.5) is 11.4 Å². The maximum atomic E-state index is 13.3. The average Bonchev–Trinajstić information content (AvgIpc) is 2.87. The van der Waals surface area contributed by atoms with E-state index >= 15 is 0 Å². The molecule has 162 valence electrons. The number of aliphatic imine (C=N–C) groups is 1. The molecule has 1 atom stereocenters. The average molecular weight is 504 g/mol. The minimum absolute atomic E-state index is 0.195. The minimum Gasteiger partial charge on any atom is -0.333 e. The van der Waals surface area contributed by atoms with Crippen LogP contribution in [0.2, 0.25) is 15.1 Å². The molecule has 1 aliphatic heterocycles. The van der Waals surface area contributed by atoms with Crippen LogP contribution in [0.3, 0.4) is 0 Å². The van der Waals surface area contributed by atoms with E-state index in [4.69, 9.17) is 52.0 Å². The number of amides is 1. The molecule has 4 rings (SSSR count). The molecule has 32 heavy (non-hydrogen) atoms. The summed E-state index contributed by atoms with van der Waals surface area (Å²) < 4.78 is 0. The number of nitrogens with zero attached hydrogens (tertiary/aromatic N) is 2. The molecule has 3 aromatic rings. The van der Waals surface area contributed by atoms with Crippen LogP contribution in [0.25, 0.3) is 0 Å². The number of hydrogen-bond acceptors (Lipinski definition) is 3. The second kappa shape index (κ2) is 9.46. The lowest BCUT2D eigenvalue weighted by Gasteiger charge is -2.22. The lowest BCUT2D eigenvalue weighted by atomic mass is 10.0. The van der Waals surface area contributed by atoms with Gasteiger partial charge in [-0.25, -0.2) is 4.99 Å². The topological polar surface area (TPSA) is 56.7 Å². The van der Waals surface area contributed by atoms with Crippen molar-refractivity contribution in [2.75, 3.05) is 17.3 Å². The predicted octanol–water partition coefficient (Wildman–Crippen LogP) is 5.77. The number of likely N-dealkylation sites (N-methyl/N-ethyl adjacent to an activating group) is 1. The van der Waals surface area contributed by atoms with Gasteiger partial charge in [-0.1, -0.05) is 65.1 Å². The van der Waals surface area contributed by atoms with E-state index in [0.717, 1.165) is 11.1 Å². The molecule has 0 saturated carbocycles. The quantitative estimate of drug-likeness (QED) is 0.445. The van der Waals surface area contributed by atoms with E-state index < -0.39 is 6.17 Å². The van der Waals surface area contributed by atoms with E-state index in [2.05, 4.69) is 10.6 Å². The Hall–Kier alpha value is -2.64. The summed E-state index contributed by atoms with van der Waals surface area (Å²) in [5.41, 5.74) is 3.50. The van der Waals surface area contributed by atoms with Gasteiger partial charge in [0, 0.05) is 28.2 Å². The summed E-state index contributed by atoms with van der Waals surface area (Å²) in [6.45, 7) is 0. The molecule has 1 heterocycles. The first-order valence-corrected chi connectivity index (χ1v) is 11.1. The largest absolute Gasteiger partial charge is 0.333 e. The highest BCUT2D eigenvalue weighted by Crippen LogP contribution is 2.30. The van der Waals surface area contributed by atoms with Gasteiger partial charge in [0.2, 0.25) is 6.17 Å². The third kappa shape index (κ3) is 4.74. The number of nitrogens with one attached hydrogen (secondary N) is 2. The predicted molar refractivity (Wildman–Crippen MR) is 137 cm³/mol. The Labute approximate surface area is 206 Å². The smallest absolute Gasteiger partial charge is 0.272 e. The van der Waals surface area contributed by atoms with Crippen LogP contribution in [0.5, 0.6) is 0 Å². The highest BCUT2D eigenvalue weighted by molar-refractivity contribution is 7.80. The summed E-state index contributed by atoms with van der Waals surface area (Å²) >= 11 is 23.9. The Morgan fingerprint density at radius 2 is 1.69 bits per heavy atom. The zero-order chi connectivity index (χ0) is 22.8. The Balaban J connectivity index is 1.71. The Bertz CT molecular complexity index is 1230. The van der Waals surface area contributed by atoms with Gasteiger partial charge in [-0.2, -0.15) is 0 Å². The number of fused-ring (bicyclic) bond motifs is 1. The molecule has 5 nitrogen and oxygen atoms in total. The highest BCUT2D eigenvalue weighted by Gasteiger charge is 2.30. The van der Waals surface area contributed by atoms with Gasteiger partial charge in [-0.05, 0) is 48.6 Å². The number of thiocarbonyl (C=S) groups is 1. The molecule has 0 aliphatic carbocycles. The second-order valence-corrected chi connectivity index (χ2v) is 8.72. The van der Waals surface area contributed by atoms with Crippen LogP contribution in [0.1, 0.15) is 11.1 Å². The zero-order valence-electron chi connectivity index (χ0n) is 16.8. The monoisotopic (exact) mass is 502 g/mol. The van der Waals surface area contributed by atoms with Gasteiger partial charge in [-0.15, -0.1) is 0 Å². The fraction of sp³-hybridized carbons (Fsp3) is 0.0870. The summed E-state index contributed by atoms with van der Waals surface area (Å²) in [6.07, 6.45) is -0.965. The SMILES string of the molecule is CN1C(=O)C(NC(=S)Nc2ccc(Cl)cc2Cl)N=C(c2ccccc2)c2cc(Cl)ccc21. The van der Waals surface area contributed by atoms with Gasteiger partial charge in [0.1, 0.15) is 0 Å². The molecule has 0 fully saturated rings. The first-order valence-electron chi connectivity index (χ1n) is 9.57. The van der Waals surface area contributed by atoms with E-state index in [9.17, 15) is 4.79 Å². The summed E-state index contributed by atoms with van der Waals surface area (Å²) in [5.74, 6) is -0.272. The number of carbonyl (C=O) groups is 1. The number of halogens is 3. The van der Waals surface area contributed by atoms with Crippen LogP contribution in [0, 0.1) is 0 Å². The zero-order valence-corrected chi connectivity index (χ0v) is 19.9. The van der Waals surface area contributed by atoms with Crippen molar-refractivity contribution in [1.82, 2.24) is 5.32 Å². The van der Waals surface area contributed by atoms with Gasteiger partial charge in [0.25, 0.3) is 5.91 Å². The lowest BCUT2D eigenvalue weighted by molar-refractivity contribution is -0.119. The molecule has 1 aliphatic rings. The maximum Gasteiger partial charge on any atom is 0.272 e. The van der Waals surface area contributed by atoms with E-state index in [1.165, 1.54) is 0 Å². The third-order valence-electron chi connectivity index (χ3n) is 4.89. The molecule has 0 radical (unpaired) electrons. The van der Waals surface area contributed by atoms with Crippen molar-refractivity contribution in [3.63, 3.8) is 0 Å². The normalized spacial score (nSPS) is 15.5. The van der Waals surface area contributed by atoms with Crippen LogP contribution in [-0.2, 0) is 4.79 Å². The fourth-order valence-corrected chi connectivity index (χ4v) is 4.19. The van der Waals surface area contributed by atoms with Crippen molar-refractivity contribution in [2.45, 2.75) is 6.17 Å². The Morgan fingerprint density at radius 3 is 2.41 bits per heavy atom. The number of rotatable bonds is 3. The summed E-state index contributed by atoms with van der Waals surface area (Å²) in [4.78, 5) is 19.6. The van der Waals surface area contributed by atoms with E-state index in [1.807, 2.05) is 30.3 Å². The Morgan fingerprint density at radius 1 is 1.00 bits per heavy atom. The number of anilines is 2. The summed E-state index contributed by atoms with van der Waals surface area (Å²) in [5, 5.41) is 7.65. The molecule has 1 unspecified atom stereocenters. The molecule has 0 aromatic heterocycles. The van der Waals surface area contributed by atoms with Crippen molar-refractivity contribution in [3.8, 4) is 0 Å². The van der Waals surface area contributed by atoms with Crippen molar-refractivity contribution < 1.29 is 4.79 Å². The molecule has 2 N–H and O–H groups in total. The number of carbonyl (C=O) groups excluding carboxylic acids is 1. The van der Waals surface area contributed by atoms with E-state index in [-0.39, 0.29) is 11.0 Å². The third-order valence-corrected chi connectivity index (χ3v) is 5.89. The van der Waals surface area contributed by atoms with Crippen molar-refractivity contribution >= 4 is 75.1 Å². The van der Waals surface area contributed by atoms with Crippen LogP contribution >= 0.6 is 47.0 Å². The minimum atomic E-state index is -0.965. The standard InChI is InChI=1S/C23H17Cl3N4OS/c1-30-19-10-8-14(24)11-16(19)20(13-5-3-2-4-6-13)28-21(22(30)31)29-23(32)27-18-9-7-15(25)12-17(18)26/h2-12,21H,1H3,(H2,27,29,32). The number of benzodiazepines with no additional fused rings is 1. The van der Waals surface area contributed by atoms with Gasteiger partial charge in [0.15, 0.2) is 5.11 Å². The molecule has 0 spiro atoms. The van der Waals surface area contributed by atoms with Crippen molar-refractivity contribution in [3.05, 3.63) is 92.9 Å². The van der Waals surface area contributed by atoms with Gasteiger partial charge >= 0.3 is 0 Å². The molecule has 0 bridgehead atoms. The van der Waals surface area contributed by atoms with Crippen molar-refractivity contribution in [1.29, 1.82) is 0 Å². The second-order valence-electron chi connectivity index (χ2n) is 7.03. The van der Waals surface area contributed by atoms with E-state index in [0.29, 0.717) is 32.2 Å². The molecule has 1 amide bonds.